The van der Waals surface area contributed by atoms with Crippen LogP contribution in [0.15, 0.2) is 6.07 Å². The Kier molecular flexibility index (Phi) is 5.36. The molecule has 1 aliphatic heterocycles. The first-order chi connectivity index (χ1) is 10.0. The van der Waals surface area contributed by atoms with Crippen molar-refractivity contribution in [2.45, 2.75) is 20.3 Å². The second kappa shape index (κ2) is 7.04. The average molecular weight is 310 g/mol. The molecule has 0 saturated carbocycles. The minimum Gasteiger partial charge on any atom is -0.469 e. The molecule has 0 bridgehead atoms. The van der Waals surface area contributed by atoms with Crippen LogP contribution in [0, 0.1) is 13.8 Å². The van der Waals surface area contributed by atoms with E-state index in [0.29, 0.717) is 26.1 Å². The number of piperazine rings is 1. The van der Waals surface area contributed by atoms with Crippen molar-refractivity contribution in [2.24, 2.45) is 0 Å². The third-order valence-corrected chi connectivity index (χ3v) is 4.76. The van der Waals surface area contributed by atoms with Gasteiger partial charge < -0.3 is 9.64 Å². The summed E-state index contributed by atoms with van der Waals surface area (Å²) in [5.41, 5.74) is 0.834. The molecule has 1 amide bonds. The topological polar surface area (TPSA) is 49.9 Å². The molecule has 2 rings (SSSR count). The molecule has 0 spiro atoms. The van der Waals surface area contributed by atoms with Gasteiger partial charge in [-0.1, -0.05) is 0 Å². The van der Waals surface area contributed by atoms with E-state index in [0.717, 1.165) is 23.5 Å². The molecule has 1 saturated heterocycles. The van der Waals surface area contributed by atoms with Crippen LogP contribution in [0.25, 0.3) is 0 Å². The SMILES string of the molecule is COC(=O)CCN1CCN(C(=O)c2cc(C)sc2C)CC1. The zero-order chi connectivity index (χ0) is 15.4. The molecule has 6 heteroatoms. The predicted molar refractivity (Wildman–Crippen MR) is 82.8 cm³/mol. The molecular formula is C15H22N2O3S. The van der Waals surface area contributed by atoms with Gasteiger partial charge in [0.25, 0.3) is 5.91 Å². The van der Waals surface area contributed by atoms with Crippen LogP contribution >= 0.6 is 11.3 Å². The summed E-state index contributed by atoms with van der Waals surface area (Å²) in [5, 5.41) is 0. The fourth-order valence-corrected chi connectivity index (χ4v) is 3.46. The molecule has 0 atom stereocenters. The summed E-state index contributed by atoms with van der Waals surface area (Å²) in [5.74, 6) is -0.0534. The Morgan fingerprint density at radius 1 is 1.24 bits per heavy atom. The first-order valence-corrected chi connectivity index (χ1v) is 7.98. The molecule has 0 aliphatic carbocycles. The maximum absolute atomic E-state index is 12.5. The lowest BCUT2D eigenvalue weighted by Gasteiger charge is -2.34. The summed E-state index contributed by atoms with van der Waals surface area (Å²) < 4.78 is 4.64. The zero-order valence-electron chi connectivity index (χ0n) is 12.8. The van der Waals surface area contributed by atoms with Crippen molar-refractivity contribution >= 4 is 23.2 Å². The molecule has 116 valence electrons. The van der Waals surface area contributed by atoms with E-state index >= 15 is 0 Å². The van der Waals surface area contributed by atoms with E-state index in [-0.39, 0.29) is 11.9 Å². The number of aryl methyl sites for hydroxylation is 2. The van der Waals surface area contributed by atoms with Crippen molar-refractivity contribution in [2.75, 3.05) is 39.8 Å². The maximum Gasteiger partial charge on any atom is 0.306 e. The first kappa shape index (κ1) is 16.0. The van der Waals surface area contributed by atoms with Gasteiger partial charge >= 0.3 is 5.97 Å². The van der Waals surface area contributed by atoms with Gasteiger partial charge in [0.2, 0.25) is 0 Å². The standard InChI is InChI=1S/C15H22N2O3S/c1-11-10-13(12(2)21-11)15(19)17-8-6-16(7-9-17)5-4-14(18)20-3/h10H,4-9H2,1-3H3. The predicted octanol–water partition coefficient (Wildman–Crippen LogP) is 1.69. The summed E-state index contributed by atoms with van der Waals surface area (Å²) in [4.78, 5) is 30.0. The highest BCUT2D eigenvalue weighted by atomic mass is 32.1. The Morgan fingerprint density at radius 3 is 2.43 bits per heavy atom. The molecule has 1 aromatic rings. The van der Waals surface area contributed by atoms with E-state index in [1.54, 1.807) is 11.3 Å². The lowest BCUT2D eigenvalue weighted by molar-refractivity contribution is -0.141. The lowest BCUT2D eigenvalue weighted by Crippen LogP contribution is -2.49. The van der Waals surface area contributed by atoms with Crippen molar-refractivity contribution < 1.29 is 14.3 Å². The summed E-state index contributed by atoms with van der Waals surface area (Å²) in [6, 6.07) is 1.98. The number of nitrogens with zero attached hydrogens (tertiary/aromatic N) is 2. The van der Waals surface area contributed by atoms with Gasteiger partial charge in [0.1, 0.15) is 0 Å². The molecule has 0 radical (unpaired) electrons. The molecule has 1 fully saturated rings. The van der Waals surface area contributed by atoms with Gasteiger partial charge in [-0.25, -0.2) is 0 Å². The van der Waals surface area contributed by atoms with Crippen LogP contribution in [0.3, 0.4) is 0 Å². The molecule has 0 unspecified atom stereocenters. The molecule has 0 N–H and O–H groups in total. The van der Waals surface area contributed by atoms with Gasteiger partial charge in [-0.05, 0) is 19.9 Å². The highest BCUT2D eigenvalue weighted by molar-refractivity contribution is 7.12. The second-order valence-electron chi connectivity index (χ2n) is 5.29. The van der Waals surface area contributed by atoms with E-state index in [1.165, 1.54) is 12.0 Å². The third kappa shape index (κ3) is 4.04. The number of hydrogen-bond acceptors (Lipinski definition) is 5. The number of rotatable bonds is 4. The van der Waals surface area contributed by atoms with Crippen molar-refractivity contribution in [1.82, 2.24) is 9.80 Å². The first-order valence-electron chi connectivity index (χ1n) is 7.16. The Labute approximate surface area is 129 Å². The highest BCUT2D eigenvalue weighted by Gasteiger charge is 2.24. The van der Waals surface area contributed by atoms with Crippen molar-refractivity contribution in [3.05, 3.63) is 21.4 Å². The second-order valence-corrected chi connectivity index (χ2v) is 6.75. The number of hydrogen-bond donors (Lipinski definition) is 0. The van der Waals surface area contributed by atoms with E-state index in [1.807, 2.05) is 24.8 Å². The van der Waals surface area contributed by atoms with Gasteiger partial charge in [-0.15, -0.1) is 11.3 Å². The maximum atomic E-state index is 12.5. The van der Waals surface area contributed by atoms with Crippen LogP contribution in [-0.2, 0) is 9.53 Å². The zero-order valence-corrected chi connectivity index (χ0v) is 13.7. The van der Waals surface area contributed by atoms with Gasteiger partial charge in [0.15, 0.2) is 0 Å². The number of esters is 1. The molecule has 1 aliphatic rings. The van der Waals surface area contributed by atoms with Crippen LogP contribution in [0.2, 0.25) is 0 Å². The summed E-state index contributed by atoms with van der Waals surface area (Å²) >= 11 is 1.67. The fourth-order valence-electron chi connectivity index (χ4n) is 2.54. The molecule has 0 aromatic carbocycles. The molecular weight excluding hydrogens is 288 g/mol. The fraction of sp³-hybridized carbons (Fsp3) is 0.600. The normalized spacial score (nSPS) is 16.0. The lowest BCUT2D eigenvalue weighted by atomic mass is 10.2. The van der Waals surface area contributed by atoms with E-state index in [2.05, 4.69) is 9.64 Å². The van der Waals surface area contributed by atoms with Gasteiger partial charge in [0, 0.05) is 42.5 Å². The Morgan fingerprint density at radius 2 is 1.90 bits per heavy atom. The Bertz CT molecular complexity index is 519. The van der Waals surface area contributed by atoms with Crippen molar-refractivity contribution in [3.63, 3.8) is 0 Å². The summed E-state index contributed by atoms with van der Waals surface area (Å²) in [6.07, 6.45) is 0.410. The Hall–Kier alpha value is -1.40. The van der Waals surface area contributed by atoms with Gasteiger partial charge in [-0.3, -0.25) is 14.5 Å². The highest BCUT2D eigenvalue weighted by Crippen LogP contribution is 2.22. The van der Waals surface area contributed by atoms with E-state index < -0.39 is 0 Å². The van der Waals surface area contributed by atoms with Crippen LogP contribution in [0.5, 0.6) is 0 Å². The third-order valence-electron chi connectivity index (χ3n) is 3.79. The largest absolute Gasteiger partial charge is 0.469 e. The Balaban J connectivity index is 1.85. The van der Waals surface area contributed by atoms with E-state index in [9.17, 15) is 9.59 Å². The molecule has 21 heavy (non-hydrogen) atoms. The minimum atomic E-state index is -0.183. The minimum absolute atomic E-state index is 0.129. The van der Waals surface area contributed by atoms with E-state index in [4.69, 9.17) is 0 Å². The number of thiophene rings is 1. The molecule has 1 aromatic heterocycles. The number of amides is 1. The number of carbonyl (C=O) groups excluding carboxylic acids is 2. The monoisotopic (exact) mass is 310 g/mol. The van der Waals surface area contributed by atoms with Crippen molar-refractivity contribution in [1.29, 1.82) is 0 Å². The average Bonchev–Trinajstić information content (AvgIpc) is 2.83. The van der Waals surface area contributed by atoms with Crippen LogP contribution in [0.4, 0.5) is 0 Å². The number of carbonyl (C=O) groups is 2. The molecule has 2 heterocycles. The summed E-state index contributed by atoms with van der Waals surface area (Å²) in [7, 11) is 1.41. The molecule has 5 nitrogen and oxygen atoms in total. The van der Waals surface area contributed by atoms with Crippen LogP contribution < -0.4 is 0 Å². The number of ether oxygens (including phenoxy) is 1. The smallest absolute Gasteiger partial charge is 0.306 e. The quantitative estimate of drug-likeness (QED) is 0.794. The van der Waals surface area contributed by atoms with Crippen LogP contribution in [-0.4, -0.2) is 61.5 Å². The van der Waals surface area contributed by atoms with Gasteiger partial charge in [-0.2, -0.15) is 0 Å². The van der Waals surface area contributed by atoms with Crippen LogP contribution in [0.1, 0.15) is 26.5 Å². The van der Waals surface area contributed by atoms with Gasteiger partial charge in [0.05, 0.1) is 19.1 Å². The number of methoxy groups -OCH3 is 1. The van der Waals surface area contributed by atoms with Crippen molar-refractivity contribution in [3.8, 4) is 0 Å². The summed E-state index contributed by atoms with van der Waals surface area (Å²) in [6.45, 7) is 7.78.